The van der Waals surface area contributed by atoms with E-state index in [2.05, 4.69) is 11.8 Å². The SMILES string of the molecule is CCCN1CCc2cc(F)c(C)cc21. The molecule has 1 heterocycles. The first-order chi connectivity index (χ1) is 6.72. The van der Waals surface area contributed by atoms with Crippen LogP contribution < -0.4 is 4.90 Å². The van der Waals surface area contributed by atoms with Gasteiger partial charge in [-0.1, -0.05) is 6.92 Å². The molecule has 1 aliphatic heterocycles. The maximum absolute atomic E-state index is 13.3. The zero-order valence-electron chi connectivity index (χ0n) is 8.81. The van der Waals surface area contributed by atoms with Crippen molar-refractivity contribution < 1.29 is 4.39 Å². The third kappa shape index (κ3) is 1.49. The molecule has 76 valence electrons. The Morgan fingerprint density at radius 2 is 2.21 bits per heavy atom. The van der Waals surface area contributed by atoms with Crippen LogP contribution in [-0.4, -0.2) is 13.1 Å². The lowest BCUT2D eigenvalue weighted by molar-refractivity contribution is 0.617. The number of fused-ring (bicyclic) bond motifs is 1. The van der Waals surface area contributed by atoms with Crippen molar-refractivity contribution in [1.82, 2.24) is 0 Å². The summed E-state index contributed by atoms with van der Waals surface area (Å²) in [4.78, 5) is 2.35. The van der Waals surface area contributed by atoms with Crippen LogP contribution >= 0.6 is 0 Å². The third-order valence-corrected chi connectivity index (χ3v) is 2.85. The van der Waals surface area contributed by atoms with Crippen molar-refractivity contribution >= 4 is 5.69 Å². The molecule has 0 saturated heterocycles. The molecule has 0 unspecified atom stereocenters. The van der Waals surface area contributed by atoms with Gasteiger partial charge in [0.25, 0.3) is 0 Å². The molecule has 0 N–H and O–H groups in total. The van der Waals surface area contributed by atoms with Gasteiger partial charge in [-0.05, 0) is 43.0 Å². The summed E-state index contributed by atoms with van der Waals surface area (Å²) in [5.41, 5.74) is 3.17. The molecule has 1 aromatic rings. The van der Waals surface area contributed by atoms with Gasteiger partial charge in [-0.2, -0.15) is 0 Å². The maximum Gasteiger partial charge on any atom is 0.126 e. The quantitative estimate of drug-likeness (QED) is 0.698. The van der Waals surface area contributed by atoms with Crippen LogP contribution in [-0.2, 0) is 6.42 Å². The summed E-state index contributed by atoms with van der Waals surface area (Å²) in [6.07, 6.45) is 2.14. The van der Waals surface area contributed by atoms with E-state index in [1.165, 1.54) is 11.3 Å². The first-order valence-electron chi connectivity index (χ1n) is 5.26. The van der Waals surface area contributed by atoms with Crippen LogP contribution in [0, 0.1) is 12.7 Å². The molecule has 2 heteroatoms. The molecule has 0 aliphatic carbocycles. The van der Waals surface area contributed by atoms with Crippen LogP contribution in [0.5, 0.6) is 0 Å². The van der Waals surface area contributed by atoms with Gasteiger partial charge in [0.2, 0.25) is 0 Å². The number of rotatable bonds is 2. The van der Waals surface area contributed by atoms with Crippen LogP contribution in [0.4, 0.5) is 10.1 Å². The molecule has 2 rings (SSSR count). The minimum atomic E-state index is -0.0675. The fourth-order valence-corrected chi connectivity index (χ4v) is 2.08. The van der Waals surface area contributed by atoms with Gasteiger partial charge in [0.1, 0.15) is 5.82 Å². The highest BCUT2D eigenvalue weighted by Crippen LogP contribution is 2.30. The summed E-state index contributed by atoms with van der Waals surface area (Å²) >= 11 is 0. The Balaban J connectivity index is 2.35. The lowest BCUT2D eigenvalue weighted by atomic mass is 10.1. The van der Waals surface area contributed by atoms with E-state index in [1.54, 1.807) is 6.07 Å². The average molecular weight is 193 g/mol. The minimum Gasteiger partial charge on any atom is -0.371 e. The lowest BCUT2D eigenvalue weighted by Crippen LogP contribution is -2.20. The molecule has 14 heavy (non-hydrogen) atoms. The number of hydrogen-bond donors (Lipinski definition) is 0. The summed E-state index contributed by atoms with van der Waals surface area (Å²) < 4.78 is 13.3. The second kappa shape index (κ2) is 3.60. The summed E-state index contributed by atoms with van der Waals surface area (Å²) in [5.74, 6) is -0.0675. The lowest BCUT2D eigenvalue weighted by Gasteiger charge is -2.18. The fraction of sp³-hybridized carbons (Fsp3) is 0.500. The van der Waals surface area contributed by atoms with E-state index in [4.69, 9.17) is 0 Å². The van der Waals surface area contributed by atoms with Gasteiger partial charge in [0.15, 0.2) is 0 Å². The third-order valence-electron chi connectivity index (χ3n) is 2.85. The molecule has 0 amide bonds. The van der Waals surface area contributed by atoms with Gasteiger partial charge in [0.05, 0.1) is 0 Å². The van der Waals surface area contributed by atoms with Gasteiger partial charge in [0, 0.05) is 18.8 Å². The highest BCUT2D eigenvalue weighted by atomic mass is 19.1. The van der Waals surface area contributed by atoms with Crippen LogP contribution in [0.25, 0.3) is 0 Å². The zero-order valence-corrected chi connectivity index (χ0v) is 8.81. The van der Waals surface area contributed by atoms with E-state index in [-0.39, 0.29) is 5.82 Å². The first-order valence-corrected chi connectivity index (χ1v) is 5.26. The summed E-state index contributed by atoms with van der Waals surface area (Å²) in [6.45, 7) is 6.14. The molecular formula is C12H16FN. The van der Waals surface area contributed by atoms with Crippen molar-refractivity contribution in [2.24, 2.45) is 0 Å². The van der Waals surface area contributed by atoms with E-state index in [0.29, 0.717) is 0 Å². The number of hydrogen-bond acceptors (Lipinski definition) is 1. The van der Waals surface area contributed by atoms with Gasteiger partial charge in [-0.25, -0.2) is 4.39 Å². The largest absolute Gasteiger partial charge is 0.371 e. The highest BCUT2D eigenvalue weighted by molar-refractivity contribution is 5.59. The van der Waals surface area contributed by atoms with Crippen molar-refractivity contribution in [2.45, 2.75) is 26.7 Å². The van der Waals surface area contributed by atoms with Crippen LogP contribution in [0.1, 0.15) is 24.5 Å². The minimum absolute atomic E-state index is 0.0675. The molecular weight excluding hydrogens is 177 g/mol. The van der Waals surface area contributed by atoms with Crippen molar-refractivity contribution in [3.8, 4) is 0 Å². The van der Waals surface area contributed by atoms with Crippen LogP contribution in [0.15, 0.2) is 12.1 Å². The standard InChI is InChI=1S/C12H16FN/c1-3-5-14-6-4-10-8-11(13)9(2)7-12(10)14/h7-8H,3-6H2,1-2H3. The number of aryl methyl sites for hydroxylation is 1. The van der Waals surface area contributed by atoms with E-state index in [9.17, 15) is 4.39 Å². The van der Waals surface area contributed by atoms with Gasteiger partial charge < -0.3 is 4.90 Å². The van der Waals surface area contributed by atoms with E-state index in [1.807, 2.05) is 13.0 Å². The van der Waals surface area contributed by atoms with Crippen molar-refractivity contribution in [1.29, 1.82) is 0 Å². The monoisotopic (exact) mass is 193 g/mol. The van der Waals surface area contributed by atoms with E-state index < -0.39 is 0 Å². The number of anilines is 1. The first kappa shape index (κ1) is 9.50. The Hall–Kier alpha value is -1.05. The summed E-state index contributed by atoms with van der Waals surface area (Å²) in [5, 5.41) is 0. The van der Waals surface area contributed by atoms with Gasteiger partial charge in [-0.3, -0.25) is 0 Å². The maximum atomic E-state index is 13.3. The molecule has 0 bridgehead atoms. The predicted octanol–water partition coefficient (Wildman–Crippen LogP) is 2.91. The molecule has 0 fully saturated rings. The summed E-state index contributed by atoms with van der Waals surface area (Å²) in [7, 11) is 0. The number of benzene rings is 1. The summed E-state index contributed by atoms with van der Waals surface area (Å²) in [6, 6.07) is 3.67. The zero-order chi connectivity index (χ0) is 10.1. The second-order valence-electron chi connectivity index (χ2n) is 3.97. The van der Waals surface area contributed by atoms with Crippen LogP contribution in [0.2, 0.25) is 0 Å². The molecule has 0 spiro atoms. The molecule has 0 aromatic heterocycles. The molecule has 1 aliphatic rings. The smallest absolute Gasteiger partial charge is 0.126 e. The molecule has 0 atom stereocenters. The molecule has 1 nitrogen and oxygen atoms in total. The normalized spacial score (nSPS) is 14.6. The number of nitrogens with zero attached hydrogens (tertiary/aromatic N) is 1. The molecule has 1 aromatic carbocycles. The fourth-order valence-electron chi connectivity index (χ4n) is 2.08. The average Bonchev–Trinajstić information content (AvgIpc) is 2.51. The molecule has 0 radical (unpaired) electrons. The van der Waals surface area contributed by atoms with E-state index >= 15 is 0 Å². The van der Waals surface area contributed by atoms with Gasteiger partial charge in [-0.15, -0.1) is 0 Å². The van der Waals surface area contributed by atoms with E-state index in [0.717, 1.165) is 31.5 Å². The second-order valence-corrected chi connectivity index (χ2v) is 3.97. The predicted molar refractivity (Wildman–Crippen MR) is 57.3 cm³/mol. The van der Waals surface area contributed by atoms with Crippen molar-refractivity contribution in [3.63, 3.8) is 0 Å². The van der Waals surface area contributed by atoms with Crippen molar-refractivity contribution in [2.75, 3.05) is 18.0 Å². The molecule has 0 saturated carbocycles. The Morgan fingerprint density at radius 3 is 2.93 bits per heavy atom. The Morgan fingerprint density at radius 1 is 1.43 bits per heavy atom. The highest BCUT2D eigenvalue weighted by Gasteiger charge is 2.19. The van der Waals surface area contributed by atoms with Crippen molar-refractivity contribution in [3.05, 3.63) is 29.1 Å². The van der Waals surface area contributed by atoms with Gasteiger partial charge >= 0.3 is 0 Å². The van der Waals surface area contributed by atoms with Crippen LogP contribution in [0.3, 0.4) is 0 Å². The Kier molecular flexibility index (Phi) is 2.44. The Labute approximate surface area is 84.5 Å². The number of halogens is 1. The topological polar surface area (TPSA) is 3.24 Å². The Bertz CT molecular complexity index is 346.